The highest BCUT2D eigenvalue weighted by Gasteiger charge is 2.49. The molecule has 0 saturated heterocycles. The minimum atomic E-state index is -4.52. The quantitative estimate of drug-likeness (QED) is 0.800. The molecule has 0 saturated carbocycles. The first kappa shape index (κ1) is 19.6. The van der Waals surface area contributed by atoms with Crippen LogP contribution in [0.2, 0.25) is 0 Å². The number of hydrogen-bond acceptors (Lipinski definition) is 4. The third-order valence-corrected chi connectivity index (χ3v) is 4.78. The number of rotatable bonds is 5. The molecular formula is C18H23F3O4. The Morgan fingerprint density at radius 2 is 1.92 bits per heavy atom. The van der Waals surface area contributed by atoms with Crippen molar-refractivity contribution in [1.82, 2.24) is 0 Å². The lowest BCUT2D eigenvalue weighted by Gasteiger charge is -2.45. The second-order valence-corrected chi connectivity index (χ2v) is 6.39. The fourth-order valence-corrected chi connectivity index (χ4v) is 3.32. The van der Waals surface area contributed by atoms with Crippen molar-refractivity contribution in [3.05, 3.63) is 29.3 Å². The Kier molecular flexibility index (Phi) is 5.37. The van der Waals surface area contributed by atoms with Crippen molar-refractivity contribution >= 4 is 5.97 Å². The van der Waals surface area contributed by atoms with E-state index < -0.39 is 28.9 Å². The number of hydrogen-bond donors (Lipinski definition) is 1. The van der Waals surface area contributed by atoms with E-state index in [0.29, 0.717) is 12.8 Å². The molecule has 4 nitrogen and oxygen atoms in total. The van der Waals surface area contributed by atoms with Crippen LogP contribution >= 0.6 is 0 Å². The Morgan fingerprint density at radius 1 is 1.28 bits per heavy atom. The van der Waals surface area contributed by atoms with Gasteiger partial charge in [0.05, 0.1) is 18.6 Å². The Balaban J connectivity index is 2.53. The van der Waals surface area contributed by atoms with E-state index in [-0.39, 0.29) is 30.8 Å². The molecule has 2 rings (SSSR count). The molecule has 0 spiro atoms. The van der Waals surface area contributed by atoms with E-state index in [9.17, 15) is 23.1 Å². The van der Waals surface area contributed by atoms with Crippen molar-refractivity contribution in [1.29, 1.82) is 0 Å². The zero-order valence-electron chi connectivity index (χ0n) is 14.6. The highest BCUT2D eigenvalue weighted by molar-refractivity contribution is 5.71. The second kappa shape index (κ2) is 6.86. The van der Waals surface area contributed by atoms with E-state index in [0.717, 1.165) is 12.1 Å². The SMILES string of the molecule is CCOC(=O)CC1(O)CC(CC)(CC)Oc2cc(C(F)(F)F)ccc21. The summed E-state index contributed by atoms with van der Waals surface area (Å²) in [5, 5.41) is 11.1. The number of halogens is 3. The van der Waals surface area contributed by atoms with Crippen LogP contribution in [-0.4, -0.2) is 23.3 Å². The zero-order valence-corrected chi connectivity index (χ0v) is 14.6. The van der Waals surface area contributed by atoms with Gasteiger partial charge >= 0.3 is 12.1 Å². The molecule has 0 amide bonds. The molecule has 25 heavy (non-hydrogen) atoms. The van der Waals surface area contributed by atoms with E-state index in [2.05, 4.69) is 0 Å². The van der Waals surface area contributed by atoms with Crippen LogP contribution in [0, 0.1) is 0 Å². The van der Waals surface area contributed by atoms with Crippen molar-refractivity contribution in [2.45, 2.75) is 63.8 Å². The average Bonchev–Trinajstić information content (AvgIpc) is 2.53. The van der Waals surface area contributed by atoms with Crippen LogP contribution < -0.4 is 4.74 Å². The van der Waals surface area contributed by atoms with Crippen LogP contribution in [0.1, 0.15) is 57.6 Å². The van der Waals surface area contributed by atoms with Gasteiger partial charge in [0.25, 0.3) is 0 Å². The van der Waals surface area contributed by atoms with Crippen LogP contribution in [-0.2, 0) is 21.3 Å². The zero-order chi connectivity index (χ0) is 18.9. The van der Waals surface area contributed by atoms with Crippen LogP contribution in [0.15, 0.2) is 18.2 Å². The molecule has 1 aliphatic heterocycles. The molecular weight excluding hydrogens is 337 g/mol. The lowest BCUT2D eigenvalue weighted by atomic mass is 9.74. The van der Waals surface area contributed by atoms with Crippen molar-refractivity contribution < 1.29 is 32.5 Å². The highest BCUT2D eigenvalue weighted by atomic mass is 19.4. The van der Waals surface area contributed by atoms with Crippen LogP contribution in [0.4, 0.5) is 13.2 Å². The Hall–Kier alpha value is -1.76. The topological polar surface area (TPSA) is 55.8 Å². The molecule has 0 bridgehead atoms. The third kappa shape index (κ3) is 3.92. The minimum absolute atomic E-state index is 0.0310. The van der Waals surface area contributed by atoms with Gasteiger partial charge in [0.15, 0.2) is 0 Å². The number of carbonyl (C=O) groups excluding carboxylic acids is 1. The normalized spacial score (nSPS) is 22.0. The molecule has 1 aliphatic rings. The van der Waals surface area contributed by atoms with Gasteiger partial charge in [0.2, 0.25) is 0 Å². The summed E-state index contributed by atoms with van der Waals surface area (Å²) in [6.07, 6.45) is -3.75. The third-order valence-electron chi connectivity index (χ3n) is 4.78. The predicted molar refractivity (Wildman–Crippen MR) is 85.1 cm³/mol. The molecule has 140 valence electrons. The van der Waals surface area contributed by atoms with Gasteiger partial charge in [-0.25, -0.2) is 0 Å². The summed E-state index contributed by atoms with van der Waals surface area (Å²) >= 11 is 0. The van der Waals surface area contributed by atoms with E-state index in [4.69, 9.17) is 9.47 Å². The lowest BCUT2D eigenvalue weighted by Crippen LogP contribution is -2.48. The number of carbonyl (C=O) groups is 1. The smallest absolute Gasteiger partial charge is 0.416 e. The van der Waals surface area contributed by atoms with Gasteiger partial charge in [-0.05, 0) is 31.9 Å². The maximum atomic E-state index is 13.0. The van der Waals surface area contributed by atoms with Gasteiger partial charge in [-0.15, -0.1) is 0 Å². The molecule has 0 fully saturated rings. The monoisotopic (exact) mass is 360 g/mol. The van der Waals surface area contributed by atoms with Gasteiger partial charge in [0.1, 0.15) is 17.0 Å². The predicted octanol–water partition coefficient (Wildman–Crippen LogP) is 4.19. The number of fused-ring (bicyclic) bond motifs is 1. The van der Waals surface area contributed by atoms with E-state index in [1.165, 1.54) is 6.07 Å². The molecule has 0 aromatic heterocycles. The summed E-state index contributed by atoms with van der Waals surface area (Å²) in [6, 6.07) is 2.97. The van der Waals surface area contributed by atoms with Crippen molar-refractivity contribution in [2.24, 2.45) is 0 Å². The first-order chi connectivity index (χ1) is 11.6. The summed E-state index contributed by atoms with van der Waals surface area (Å²) in [7, 11) is 0. The van der Waals surface area contributed by atoms with Crippen molar-refractivity contribution in [3.8, 4) is 5.75 Å². The number of alkyl halides is 3. The summed E-state index contributed by atoms with van der Waals surface area (Å²) in [4.78, 5) is 11.9. The minimum Gasteiger partial charge on any atom is -0.487 e. The first-order valence-corrected chi connectivity index (χ1v) is 8.38. The molecule has 1 aromatic rings. The van der Waals surface area contributed by atoms with E-state index >= 15 is 0 Å². The summed E-state index contributed by atoms with van der Waals surface area (Å²) < 4.78 is 49.9. The molecule has 0 aliphatic carbocycles. The second-order valence-electron chi connectivity index (χ2n) is 6.39. The maximum absolute atomic E-state index is 13.0. The number of benzene rings is 1. The highest BCUT2D eigenvalue weighted by Crippen LogP contribution is 2.49. The largest absolute Gasteiger partial charge is 0.487 e. The van der Waals surface area contributed by atoms with Gasteiger partial charge in [0, 0.05) is 12.0 Å². The number of esters is 1. The molecule has 1 heterocycles. The Morgan fingerprint density at radius 3 is 2.44 bits per heavy atom. The first-order valence-electron chi connectivity index (χ1n) is 8.38. The van der Waals surface area contributed by atoms with E-state index in [1.807, 2.05) is 13.8 Å². The molecule has 7 heteroatoms. The summed E-state index contributed by atoms with van der Waals surface area (Å²) in [5.41, 5.74) is -3.13. The molecule has 1 atom stereocenters. The van der Waals surface area contributed by atoms with Crippen LogP contribution in [0.3, 0.4) is 0 Å². The Labute approximate surface area is 144 Å². The summed E-state index contributed by atoms with van der Waals surface area (Å²) in [6.45, 7) is 5.50. The van der Waals surface area contributed by atoms with Gasteiger partial charge < -0.3 is 14.6 Å². The fourth-order valence-electron chi connectivity index (χ4n) is 3.32. The van der Waals surface area contributed by atoms with Crippen LogP contribution in [0.25, 0.3) is 0 Å². The van der Waals surface area contributed by atoms with Crippen LogP contribution in [0.5, 0.6) is 5.75 Å². The maximum Gasteiger partial charge on any atom is 0.416 e. The number of ether oxygens (including phenoxy) is 2. The van der Waals surface area contributed by atoms with Crippen molar-refractivity contribution in [3.63, 3.8) is 0 Å². The lowest BCUT2D eigenvalue weighted by molar-refractivity contribution is -0.155. The van der Waals surface area contributed by atoms with E-state index in [1.54, 1.807) is 6.92 Å². The molecule has 1 unspecified atom stereocenters. The number of aliphatic hydroxyl groups is 1. The van der Waals surface area contributed by atoms with Crippen molar-refractivity contribution in [2.75, 3.05) is 6.61 Å². The fraction of sp³-hybridized carbons (Fsp3) is 0.611. The standard InChI is InChI=1S/C18H23F3O4/c1-4-16(5-2)11-17(23,10-15(22)24-6-3)13-8-7-12(18(19,20)21)9-14(13)25-16/h7-9,23H,4-6,10-11H2,1-3H3. The van der Waals surface area contributed by atoms with Gasteiger partial charge in [-0.2, -0.15) is 13.2 Å². The summed E-state index contributed by atoms with van der Waals surface area (Å²) in [5.74, 6) is -0.629. The molecule has 1 N–H and O–H groups in total. The van der Waals surface area contributed by atoms with Gasteiger partial charge in [-0.1, -0.05) is 19.9 Å². The molecule has 0 radical (unpaired) electrons. The molecule has 1 aromatic carbocycles. The Bertz CT molecular complexity index is 638. The van der Waals surface area contributed by atoms with Gasteiger partial charge in [-0.3, -0.25) is 4.79 Å². The average molecular weight is 360 g/mol.